The first-order valence-corrected chi connectivity index (χ1v) is 7.11. The SMILES string of the molecule is CCOCC(=O)Nc1ccccc1N1CCN(C)CC1. The molecule has 0 saturated carbocycles. The number of nitrogens with one attached hydrogen (secondary N) is 1. The minimum Gasteiger partial charge on any atom is -0.372 e. The van der Waals surface area contributed by atoms with Crippen molar-refractivity contribution in [3.8, 4) is 0 Å². The van der Waals surface area contributed by atoms with E-state index in [0.29, 0.717) is 6.61 Å². The lowest BCUT2D eigenvalue weighted by Gasteiger charge is -2.35. The summed E-state index contributed by atoms with van der Waals surface area (Å²) >= 11 is 0. The minimum absolute atomic E-state index is 0.103. The van der Waals surface area contributed by atoms with Crippen molar-refractivity contribution in [2.24, 2.45) is 0 Å². The highest BCUT2D eigenvalue weighted by atomic mass is 16.5. The molecule has 0 unspecified atom stereocenters. The van der Waals surface area contributed by atoms with Crippen LogP contribution in [0.1, 0.15) is 6.92 Å². The van der Waals surface area contributed by atoms with Crippen LogP contribution >= 0.6 is 0 Å². The third kappa shape index (κ3) is 3.95. The Balaban J connectivity index is 2.04. The zero-order valence-electron chi connectivity index (χ0n) is 12.3. The zero-order valence-corrected chi connectivity index (χ0v) is 12.3. The number of para-hydroxylation sites is 2. The molecule has 1 heterocycles. The fourth-order valence-electron chi connectivity index (χ4n) is 2.28. The molecular formula is C15H23N3O2. The molecule has 2 rings (SSSR count). The lowest BCUT2D eigenvalue weighted by Crippen LogP contribution is -2.44. The van der Waals surface area contributed by atoms with Crippen LogP contribution in [0.25, 0.3) is 0 Å². The van der Waals surface area contributed by atoms with E-state index in [4.69, 9.17) is 4.74 Å². The van der Waals surface area contributed by atoms with Gasteiger partial charge < -0.3 is 19.9 Å². The number of hydrogen-bond acceptors (Lipinski definition) is 4. The van der Waals surface area contributed by atoms with Crippen LogP contribution in [0.5, 0.6) is 0 Å². The molecule has 110 valence electrons. The van der Waals surface area contributed by atoms with Crippen LogP contribution in [0.4, 0.5) is 11.4 Å². The number of hydrogen-bond donors (Lipinski definition) is 1. The molecule has 20 heavy (non-hydrogen) atoms. The van der Waals surface area contributed by atoms with E-state index in [1.165, 1.54) is 0 Å². The van der Waals surface area contributed by atoms with Crippen molar-refractivity contribution >= 4 is 17.3 Å². The van der Waals surface area contributed by atoms with Crippen molar-refractivity contribution in [2.75, 3.05) is 56.7 Å². The predicted molar refractivity (Wildman–Crippen MR) is 81.3 cm³/mol. The molecule has 5 heteroatoms. The van der Waals surface area contributed by atoms with Crippen LogP contribution in [0, 0.1) is 0 Å². The number of anilines is 2. The van der Waals surface area contributed by atoms with Crippen LogP contribution in [0.3, 0.4) is 0 Å². The van der Waals surface area contributed by atoms with Gasteiger partial charge in [-0.2, -0.15) is 0 Å². The molecule has 5 nitrogen and oxygen atoms in total. The first-order chi connectivity index (χ1) is 9.70. The van der Waals surface area contributed by atoms with Crippen molar-refractivity contribution in [3.63, 3.8) is 0 Å². The first-order valence-electron chi connectivity index (χ1n) is 7.11. The Morgan fingerprint density at radius 2 is 1.95 bits per heavy atom. The Kier molecular flexibility index (Phi) is 5.38. The number of rotatable bonds is 5. The Bertz CT molecular complexity index is 442. The van der Waals surface area contributed by atoms with Gasteiger partial charge in [-0.15, -0.1) is 0 Å². The van der Waals surface area contributed by atoms with Gasteiger partial charge in [-0.1, -0.05) is 12.1 Å². The molecule has 0 atom stereocenters. The van der Waals surface area contributed by atoms with Crippen LogP contribution in [0.2, 0.25) is 0 Å². The van der Waals surface area contributed by atoms with Crippen LogP contribution in [-0.4, -0.2) is 57.2 Å². The van der Waals surface area contributed by atoms with E-state index in [0.717, 1.165) is 37.6 Å². The average Bonchev–Trinajstić information content (AvgIpc) is 2.47. The topological polar surface area (TPSA) is 44.8 Å². The smallest absolute Gasteiger partial charge is 0.250 e. The summed E-state index contributed by atoms with van der Waals surface area (Å²) in [5, 5.41) is 2.93. The van der Waals surface area contributed by atoms with E-state index in [1.807, 2.05) is 25.1 Å². The fraction of sp³-hybridized carbons (Fsp3) is 0.533. The number of carbonyl (C=O) groups is 1. The molecule has 1 saturated heterocycles. The normalized spacial score (nSPS) is 16.2. The molecule has 1 aromatic carbocycles. The quantitative estimate of drug-likeness (QED) is 0.884. The van der Waals surface area contributed by atoms with Crippen molar-refractivity contribution in [1.29, 1.82) is 0 Å². The molecule has 1 aliphatic rings. The average molecular weight is 277 g/mol. The Labute approximate surface area is 120 Å². The van der Waals surface area contributed by atoms with Gasteiger partial charge in [0.2, 0.25) is 5.91 Å². The van der Waals surface area contributed by atoms with E-state index >= 15 is 0 Å². The van der Waals surface area contributed by atoms with Gasteiger partial charge in [0.05, 0.1) is 11.4 Å². The van der Waals surface area contributed by atoms with Gasteiger partial charge in [0, 0.05) is 32.8 Å². The maximum atomic E-state index is 11.8. The molecule has 0 aliphatic carbocycles. The van der Waals surface area contributed by atoms with E-state index in [9.17, 15) is 4.79 Å². The van der Waals surface area contributed by atoms with E-state index in [1.54, 1.807) is 0 Å². The summed E-state index contributed by atoms with van der Waals surface area (Å²) in [5.41, 5.74) is 1.95. The van der Waals surface area contributed by atoms with Crippen molar-refractivity contribution in [3.05, 3.63) is 24.3 Å². The largest absolute Gasteiger partial charge is 0.372 e. The number of nitrogens with zero attached hydrogens (tertiary/aromatic N) is 2. The van der Waals surface area contributed by atoms with Gasteiger partial charge in [-0.25, -0.2) is 0 Å². The molecule has 1 aromatic rings. The van der Waals surface area contributed by atoms with Gasteiger partial charge in [0.25, 0.3) is 0 Å². The highest BCUT2D eigenvalue weighted by Gasteiger charge is 2.17. The van der Waals surface area contributed by atoms with Crippen molar-refractivity contribution in [2.45, 2.75) is 6.92 Å². The number of piperazine rings is 1. The van der Waals surface area contributed by atoms with Crippen molar-refractivity contribution in [1.82, 2.24) is 4.90 Å². The lowest BCUT2D eigenvalue weighted by molar-refractivity contribution is -0.120. The van der Waals surface area contributed by atoms with Gasteiger partial charge in [0.1, 0.15) is 6.61 Å². The standard InChI is InChI=1S/C15H23N3O2/c1-3-20-12-15(19)16-13-6-4-5-7-14(13)18-10-8-17(2)9-11-18/h4-7H,3,8-12H2,1-2H3,(H,16,19). The molecule has 1 fully saturated rings. The van der Waals surface area contributed by atoms with Gasteiger partial charge in [-0.3, -0.25) is 4.79 Å². The molecule has 0 bridgehead atoms. The second-order valence-electron chi connectivity index (χ2n) is 4.99. The third-order valence-corrected chi connectivity index (χ3v) is 3.46. The maximum Gasteiger partial charge on any atom is 0.250 e. The minimum atomic E-state index is -0.103. The van der Waals surface area contributed by atoms with Crippen LogP contribution in [-0.2, 0) is 9.53 Å². The lowest BCUT2D eigenvalue weighted by atomic mass is 10.2. The maximum absolute atomic E-state index is 11.8. The summed E-state index contributed by atoms with van der Waals surface area (Å²) in [6.07, 6.45) is 0. The number of carbonyl (C=O) groups excluding carboxylic acids is 1. The fourth-order valence-corrected chi connectivity index (χ4v) is 2.28. The Morgan fingerprint density at radius 3 is 2.65 bits per heavy atom. The molecule has 0 radical (unpaired) electrons. The zero-order chi connectivity index (χ0) is 14.4. The number of ether oxygens (including phenoxy) is 1. The molecule has 0 aromatic heterocycles. The molecule has 1 amide bonds. The van der Waals surface area contributed by atoms with E-state index in [-0.39, 0.29) is 12.5 Å². The third-order valence-electron chi connectivity index (χ3n) is 3.46. The summed E-state index contributed by atoms with van der Waals surface area (Å²) in [7, 11) is 2.13. The van der Waals surface area contributed by atoms with Crippen LogP contribution in [0.15, 0.2) is 24.3 Å². The second kappa shape index (κ2) is 7.26. The number of likely N-dealkylation sites (N-methyl/N-ethyl adjacent to an activating group) is 1. The first kappa shape index (κ1) is 14.8. The summed E-state index contributed by atoms with van der Waals surface area (Å²) in [6.45, 7) is 6.58. The Morgan fingerprint density at radius 1 is 1.25 bits per heavy atom. The molecule has 1 aliphatic heterocycles. The van der Waals surface area contributed by atoms with Gasteiger partial charge in [-0.05, 0) is 26.1 Å². The highest BCUT2D eigenvalue weighted by Crippen LogP contribution is 2.26. The monoisotopic (exact) mass is 277 g/mol. The summed E-state index contributed by atoms with van der Waals surface area (Å²) in [6, 6.07) is 7.95. The van der Waals surface area contributed by atoms with E-state index < -0.39 is 0 Å². The predicted octanol–water partition coefficient (Wildman–Crippen LogP) is 1.41. The highest BCUT2D eigenvalue weighted by molar-refractivity contribution is 5.95. The summed E-state index contributed by atoms with van der Waals surface area (Å²) < 4.78 is 5.13. The molecule has 0 spiro atoms. The summed E-state index contributed by atoms with van der Waals surface area (Å²) in [4.78, 5) is 16.4. The molecular weight excluding hydrogens is 254 g/mol. The number of amides is 1. The van der Waals surface area contributed by atoms with Gasteiger partial charge >= 0.3 is 0 Å². The van der Waals surface area contributed by atoms with Crippen molar-refractivity contribution < 1.29 is 9.53 Å². The van der Waals surface area contributed by atoms with Gasteiger partial charge in [0.15, 0.2) is 0 Å². The summed E-state index contributed by atoms with van der Waals surface area (Å²) in [5.74, 6) is -0.103. The van der Waals surface area contributed by atoms with Crippen LogP contribution < -0.4 is 10.2 Å². The van der Waals surface area contributed by atoms with E-state index in [2.05, 4.69) is 28.2 Å². The molecule has 1 N–H and O–H groups in total. The second-order valence-corrected chi connectivity index (χ2v) is 4.99. The Hall–Kier alpha value is -1.59. The number of benzene rings is 1.